The van der Waals surface area contributed by atoms with Crippen molar-refractivity contribution in [3.8, 4) is 0 Å². The van der Waals surface area contributed by atoms with Gasteiger partial charge in [-0.1, -0.05) is 19.1 Å². The molecule has 0 saturated carbocycles. The fourth-order valence-electron chi connectivity index (χ4n) is 1.74. The number of thiocarbonyl (C=S) groups is 1. The minimum absolute atomic E-state index is 0.170. The standard InChI is InChI=1S/C13H17F3N2OS/c1-8(7-19-2)6-18-9-3-4-11(13(14,15)16)10(5-9)12(17)20/h3-5,8,18H,6-7H2,1-2H3,(H2,17,20). The van der Waals surface area contributed by atoms with Crippen LogP contribution in [0.4, 0.5) is 18.9 Å². The van der Waals surface area contributed by atoms with Crippen molar-refractivity contribution in [3.63, 3.8) is 0 Å². The number of halogens is 3. The molecule has 3 N–H and O–H groups in total. The summed E-state index contributed by atoms with van der Waals surface area (Å²) in [5.74, 6) is 0.232. The van der Waals surface area contributed by atoms with E-state index in [2.05, 4.69) is 17.5 Å². The van der Waals surface area contributed by atoms with E-state index in [9.17, 15) is 13.2 Å². The Labute approximate surface area is 121 Å². The first-order valence-electron chi connectivity index (χ1n) is 5.99. The molecule has 1 aromatic carbocycles. The van der Waals surface area contributed by atoms with E-state index in [1.165, 1.54) is 12.1 Å². The highest BCUT2D eigenvalue weighted by molar-refractivity contribution is 7.80. The maximum atomic E-state index is 12.8. The van der Waals surface area contributed by atoms with Crippen LogP contribution in [-0.2, 0) is 10.9 Å². The lowest BCUT2D eigenvalue weighted by atomic mass is 10.1. The van der Waals surface area contributed by atoms with Gasteiger partial charge in [0.1, 0.15) is 4.99 Å². The first-order chi connectivity index (χ1) is 9.25. The predicted octanol–water partition coefficient (Wildman–Crippen LogP) is 3.03. The Kier molecular flexibility index (Phi) is 5.76. The zero-order valence-electron chi connectivity index (χ0n) is 11.3. The molecule has 3 nitrogen and oxygen atoms in total. The Bertz CT molecular complexity index is 477. The minimum atomic E-state index is -4.47. The van der Waals surface area contributed by atoms with Crippen LogP contribution >= 0.6 is 12.2 Å². The number of ether oxygens (including phenoxy) is 1. The molecular weight excluding hydrogens is 289 g/mol. The van der Waals surface area contributed by atoms with Crippen LogP contribution in [0.5, 0.6) is 0 Å². The van der Waals surface area contributed by atoms with Crippen LogP contribution in [0.2, 0.25) is 0 Å². The molecular formula is C13H17F3N2OS. The van der Waals surface area contributed by atoms with Crippen molar-refractivity contribution in [2.24, 2.45) is 11.7 Å². The Morgan fingerprint density at radius 3 is 2.60 bits per heavy atom. The van der Waals surface area contributed by atoms with Gasteiger partial charge in [-0.3, -0.25) is 0 Å². The van der Waals surface area contributed by atoms with Crippen LogP contribution in [0.25, 0.3) is 0 Å². The Balaban J connectivity index is 2.91. The summed E-state index contributed by atoms with van der Waals surface area (Å²) >= 11 is 4.69. The molecule has 1 atom stereocenters. The molecule has 0 amide bonds. The van der Waals surface area contributed by atoms with Gasteiger partial charge in [0.2, 0.25) is 0 Å². The number of nitrogens with two attached hydrogens (primary N) is 1. The summed E-state index contributed by atoms with van der Waals surface area (Å²) < 4.78 is 43.4. The second-order valence-corrected chi connectivity index (χ2v) is 5.00. The highest BCUT2D eigenvalue weighted by atomic mass is 32.1. The normalized spacial score (nSPS) is 13.1. The van der Waals surface area contributed by atoms with Crippen molar-refractivity contribution >= 4 is 22.9 Å². The fourth-order valence-corrected chi connectivity index (χ4v) is 1.91. The molecule has 0 aliphatic rings. The van der Waals surface area contributed by atoms with Gasteiger partial charge in [0, 0.05) is 24.9 Å². The second-order valence-electron chi connectivity index (χ2n) is 4.56. The summed E-state index contributed by atoms with van der Waals surface area (Å²) in [6.45, 7) is 3.11. The Morgan fingerprint density at radius 2 is 2.10 bits per heavy atom. The molecule has 0 bridgehead atoms. The Morgan fingerprint density at radius 1 is 1.45 bits per heavy atom. The van der Waals surface area contributed by atoms with E-state index in [0.29, 0.717) is 18.8 Å². The van der Waals surface area contributed by atoms with Crippen molar-refractivity contribution in [1.82, 2.24) is 0 Å². The van der Waals surface area contributed by atoms with Crippen LogP contribution in [-0.4, -0.2) is 25.2 Å². The van der Waals surface area contributed by atoms with Crippen LogP contribution in [0.1, 0.15) is 18.1 Å². The summed E-state index contributed by atoms with van der Waals surface area (Å²) in [6.07, 6.45) is -4.47. The highest BCUT2D eigenvalue weighted by Gasteiger charge is 2.34. The van der Waals surface area contributed by atoms with Crippen LogP contribution in [0.15, 0.2) is 18.2 Å². The molecule has 0 saturated heterocycles. The first-order valence-corrected chi connectivity index (χ1v) is 6.40. The molecule has 0 radical (unpaired) electrons. The van der Waals surface area contributed by atoms with Gasteiger partial charge in [-0.15, -0.1) is 0 Å². The van der Waals surface area contributed by atoms with Gasteiger partial charge in [0.05, 0.1) is 12.2 Å². The van der Waals surface area contributed by atoms with Crippen LogP contribution in [0.3, 0.4) is 0 Å². The smallest absolute Gasteiger partial charge is 0.389 e. The summed E-state index contributed by atoms with van der Waals surface area (Å²) in [5, 5.41) is 3.04. The quantitative estimate of drug-likeness (QED) is 0.793. The lowest BCUT2D eigenvalue weighted by Gasteiger charge is -2.16. The topological polar surface area (TPSA) is 47.3 Å². The molecule has 112 valence electrons. The number of alkyl halides is 3. The Hall–Kier alpha value is -1.34. The average Bonchev–Trinajstić information content (AvgIpc) is 2.35. The molecule has 20 heavy (non-hydrogen) atoms. The molecule has 0 aromatic heterocycles. The molecule has 0 spiro atoms. The lowest BCUT2D eigenvalue weighted by Crippen LogP contribution is -2.19. The summed E-state index contributed by atoms with van der Waals surface area (Å²) in [7, 11) is 1.60. The third kappa shape index (κ3) is 4.64. The van der Waals surface area contributed by atoms with Crippen LogP contribution < -0.4 is 11.1 Å². The van der Waals surface area contributed by atoms with Gasteiger partial charge >= 0.3 is 6.18 Å². The molecule has 1 aromatic rings. The molecule has 0 heterocycles. The second kappa shape index (κ2) is 6.90. The molecule has 0 fully saturated rings. The number of anilines is 1. The third-order valence-corrected chi connectivity index (χ3v) is 2.92. The van der Waals surface area contributed by atoms with E-state index in [-0.39, 0.29) is 16.5 Å². The van der Waals surface area contributed by atoms with Crippen molar-refractivity contribution in [2.75, 3.05) is 25.6 Å². The van der Waals surface area contributed by atoms with E-state index in [1.54, 1.807) is 7.11 Å². The van der Waals surface area contributed by atoms with E-state index in [4.69, 9.17) is 10.5 Å². The van der Waals surface area contributed by atoms with E-state index in [1.807, 2.05) is 6.92 Å². The number of hydrogen-bond acceptors (Lipinski definition) is 3. The van der Waals surface area contributed by atoms with Crippen molar-refractivity contribution in [1.29, 1.82) is 0 Å². The van der Waals surface area contributed by atoms with E-state index >= 15 is 0 Å². The maximum Gasteiger partial charge on any atom is 0.417 e. The molecule has 0 aliphatic carbocycles. The van der Waals surface area contributed by atoms with Gasteiger partial charge < -0.3 is 15.8 Å². The summed E-state index contributed by atoms with van der Waals surface area (Å²) in [4.78, 5) is -0.272. The van der Waals surface area contributed by atoms with Crippen molar-refractivity contribution < 1.29 is 17.9 Å². The van der Waals surface area contributed by atoms with Crippen LogP contribution in [0, 0.1) is 5.92 Å². The zero-order chi connectivity index (χ0) is 15.3. The lowest BCUT2D eigenvalue weighted by molar-refractivity contribution is -0.137. The fraction of sp³-hybridized carbons (Fsp3) is 0.462. The number of methoxy groups -OCH3 is 1. The van der Waals surface area contributed by atoms with Gasteiger partial charge in [-0.05, 0) is 24.1 Å². The SMILES string of the molecule is COCC(C)CNc1ccc(C(F)(F)F)c(C(N)=S)c1. The molecule has 7 heteroatoms. The van der Waals surface area contributed by atoms with Crippen molar-refractivity contribution in [2.45, 2.75) is 13.1 Å². The highest BCUT2D eigenvalue weighted by Crippen LogP contribution is 2.33. The monoisotopic (exact) mass is 306 g/mol. The van der Waals surface area contributed by atoms with Gasteiger partial charge in [-0.25, -0.2) is 0 Å². The third-order valence-electron chi connectivity index (χ3n) is 2.70. The molecule has 1 unspecified atom stereocenters. The first kappa shape index (κ1) is 16.7. The number of benzene rings is 1. The van der Waals surface area contributed by atoms with E-state index < -0.39 is 11.7 Å². The number of nitrogens with one attached hydrogen (secondary N) is 1. The average molecular weight is 306 g/mol. The minimum Gasteiger partial charge on any atom is -0.389 e. The van der Waals surface area contributed by atoms with Crippen molar-refractivity contribution in [3.05, 3.63) is 29.3 Å². The zero-order valence-corrected chi connectivity index (χ0v) is 12.1. The van der Waals surface area contributed by atoms with Gasteiger partial charge in [0.15, 0.2) is 0 Å². The predicted molar refractivity (Wildman–Crippen MR) is 76.9 cm³/mol. The van der Waals surface area contributed by atoms with Gasteiger partial charge in [0.25, 0.3) is 0 Å². The largest absolute Gasteiger partial charge is 0.417 e. The number of hydrogen-bond donors (Lipinski definition) is 2. The maximum absolute atomic E-state index is 12.8. The van der Waals surface area contributed by atoms with E-state index in [0.717, 1.165) is 6.07 Å². The summed E-state index contributed by atoms with van der Waals surface area (Å²) in [5.41, 5.74) is 4.92. The van der Waals surface area contributed by atoms with Gasteiger partial charge in [-0.2, -0.15) is 13.2 Å². The molecule has 0 aliphatic heterocycles. The molecule has 1 rings (SSSR count). The summed E-state index contributed by atoms with van der Waals surface area (Å²) in [6, 6.07) is 3.67. The number of rotatable bonds is 6.